The highest BCUT2D eigenvalue weighted by atomic mass is 16.4. The van der Waals surface area contributed by atoms with Gasteiger partial charge in [-0.2, -0.15) is 0 Å². The van der Waals surface area contributed by atoms with E-state index in [1.807, 2.05) is 5.32 Å². The average molecular weight is 702 g/mol. The van der Waals surface area contributed by atoms with E-state index in [0.717, 1.165) is 4.90 Å². The van der Waals surface area contributed by atoms with Gasteiger partial charge in [0, 0.05) is 19.4 Å². The molecule has 22 nitrogen and oxygen atoms in total. The minimum atomic E-state index is -1.64. The zero-order valence-corrected chi connectivity index (χ0v) is 26.6. The summed E-state index contributed by atoms with van der Waals surface area (Å²) in [7, 11) is 0. The van der Waals surface area contributed by atoms with Crippen LogP contribution in [0.5, 0.6) is 0 Å². The van der Waals surface area contributed by atoms with Crippen LogP contribution in [0.3, 0.4) is 0 Å². The van der Waals surface area contributed by atoms with E-state index in [-0.39, 0.29) is 32.2 Å². The lowest BCUT2D eigenvalue weighted by molar-refractivity contribution is -0.143. The highest BCUT2D eigenvalue weighted by molar-refractivity contribution is 5.98. The molecule has 49 heavy (non-hydrogen) atoms. The molecule has 0 aromatic heterocycles. The van der Waals surface area contributed by atoms with Gasteiger partial charge in [-0.25, -0.2) is 4.79 Å². The fraction of sp³-hybridized carbons (Fsp3) is 0.630. The van der Waals surface area contributed by atoms with Gasteiger partial charge in [-0.3, -0.25) is 43.2 Å². The number of likely N-dealkylation sites (tertiary alicyclic amines) is 1. The van der Waals surface area contributed by atoms with Crippen LogP contribution in [0.15, 0.2) is 0 Å². The molecule has 1 saturated heterocycles. The Morgan fingerprint density at radius 1 is 0.776 bits per heavy atom. The number of nitrogens with two attached hydrogens (primary N) is 3. The lowest BCUT2D eigenvalue weighted by Gasteiger charge is -2.30. The second-order valence-electron chi connectivity index (χ2n) is 11.1. The third kappa shape index (κ3) is 14.5. The SMILES string of the molecule is CC(N)C(=O)NC(CCC(N)=O)C(=O)NC(CC(N)=O)C(=O)N1CCCC1C(=O)NC(CO)C(=O)NCC(=O)NC(CCC(=O)O)C(=O)O. The Morgan fingerprint density at radius 3 is 1.92 bits per heavy atom. The van der Waals surface area contributed by atoms with Gasteiger partial charge in [-0.15, -0.1) is 0 Å². The van der Waals surface area contributed by atoms with E-state index >= 15 is 0 Å². The van der Waals surface area contributed by atoms with Crippen LogP contribution in [0.4, 0.5) is 0 Å². The van der Waals surface area contributed by atoms with Crippen molar-refractivity contribution in [1.82, 2.24) is 31.5 Å². The Kier molecular flexibility index (Phi) is 17.1. The zero-order valence-electron chi connectivity index (χ0n) is 26.6. The van der Waals surface area contributed by atoms with Gasteiger partial charge in [0.15, 0.2) is 0 Å². The van der Waals surface area contributed by atoms with Gasteiger partial charge in [0.1, 0.15) is 30.2 Å². The van der Waals surface area contributed by atoms with Gasteiger partial charge in [0.05, 0.1) is 25.6 Å². The first-order valence-corrected chi connectivity index (χ1v) is 15.0. The van der Waals surface area contributed by atoms with Crippen LogP contribution >= 0.6 is 0 Å². The molecule has 14 N–H and O–H groups in total. The predicted molar refractivity (Wildman–Crippen MR) is 163 cm³/mol. The number of hydrogen-bond donors (Lipinski definition) is 11. The number of aliphatic hydroxyl groups is 1. The van der Waals surface area contributed by atoms with E-state index in [1.165, 1.54) is 6.92 Å². The number of carboxylic acids is 2. The van der Waals surface area contributed by atoms with Crippen LogP contribution < -0.4 is 43.8 Å². The first-order valence-electron chi connectivity index (χ1n) is 15.0. The molecule has 0 saturated carbocycles. The highest BCUT2D eigenvalue weighted by Crippen LogP contribution is 2.20. The number of nitrogens with one attached hydrogen (secondary N) is 5. The molecule has 1 heterocycles. The normalized spacial score (nSPS) is 16.9. The number of nitrogens with zero attached hydrogens (tertiary/aromatic N) is 1. The minimum Gasteiger partial charge on any atom is -0.481 e. The molecule has 8 amide bonds. The van der Waals surface area contributed by atoms with E-state index in [2.05, 4.69) is 21.3 Å². The fourth-order valence-corrected chi connectivity index (χ4v) is 4.56. The summed E-state index contributed by atoms with van der Waals surface area (Å²) in [5.74, 6) is -10.2. The lowest BCUT2D eigenvalue weighted by Crippen LogP contribution is -2.59. The van der Waals surface area contributed by atoms with E-state index in [4.69, 9.17) is 27.4 Å². The van der Waals surface area contributed by atoms with Crippen molar-refractivity contribution < 1.29 is 63.3 Å². The second kappa shape index (κ2) is 20.1. The van der Waals surface area contributed by atoms with Gasteiger partial charge in [-0.1, -0.05) is 0 Å². The molecule has 274 valence electrons. The number of aliphatic carboxylic acids is 2. The summed E-state index contributed by atoms with van der Waals surface area (Å²) in [6, 6.07) is -8.51. The summed E-state index contributed by atoms with van der Waals surface area (Å²) in [4.78, 5) is 123. The van der Waals surface area contributed by atoms with Crippen LogP contribution in [0.2, 0.25) is 0 Å². The van der Waals surface area contributed by atoms with Crippen LogP contribution in [0, 0.1) is 0 Å². The van der Waals surface area contributed by atoms with Gasteiger partial charge < -0.3 is 64.0 Å². The van der Waals surface area contributed by atoms with Crippen LogP contribution in [0.1, 0.15) is 51.9 Å². The minimum absolute atomic E-state index is 0.0304. The third-order valence-electron chi connectivity index (χ3n) is 7.10. The van der Waals surface area contributed by atoms with Crippen LogP contribution in [-0.4, -0.2) is 135 Å². The Labute approximate surface area is 279 Å². The summed E-state index contributed by atoms with van der Waals surface area (Å²) in [5, 5.41) is 38.6. The van der Waals surface area contributed by atoms with Crippen molar-refractivity contribution in [2.24, 2.45) is 17.2 Å². The van der Waals surface area contributed by atoms with E-state index in [1.54, 1.807) is 0 Å². The first kappa shape index (κ1) is 41.6. The molecule has 0 spiro atoms. The van der Waals surface area contributed by atoms with Crippen molar-refractivity contribution in [1.29, 1.82) is 0 Å². The maximum Gasteiger partial charge on any atom is 0.326 e. The van der Waals surface area contributed by atoms with E-state index in [9.17, 15) is 53.1 Å². The molecule has 1 aliphatic heterocycles. The fourth-order valence-electron chi connectivity index (χ4n) is 4.56. The average Bonchev–Trinajstić information content (AvgIpc) is 3.51. The van der Waals surface area contributed by atoms with Crippen molar-refractivity contribution in [2.45, 2.75) is 88.1 Å². The maximum absolute atomic E-state index is 13.5. The number of amides is 8. The summed E-state index contributed by atoms with van der Waals surface area (Å²) in [6.07, 6.45) is -1.97. The van der Waals surface area contributed by atoms with E-state index in [0.29, 0.717) is 0 Å². The molecule has 0 radical (unpaired) electrons. The Balaban J connectivity index is 2.98. The highest BCUT2D eigenvalue weighted by Gasteiger charge is 2.40. The number of rotatable bonds is 21. The van der Waals surface area contributed by atoms with Gasteiger partial charge in [0.2, 0.25) is 47.3 Å². The van der Waals surface area contributed by atoms with Crippen molar-refractivity contribution in [3.63, 3.8) is 0 Å². The molecule has 6 unspecified atom stereocenters. The largest absolute Gasteiger partial charge is 0.481 e. The molecule has 1 aliphatic rings. The smallest absolute Gasteiger partial charge is 0.326 e. The first-order chi connectivity index (χ1) is 22.9. The molecule has 6 atom stereocenters. The van der Waals surface area contributed by atoms with Gasteiger partial charge in [0.25, 0.3) is 0 Å². The lowest BCUT2D eigenvalue weighted by atomic mass is 10.1. The molecule has 0 aromatic rings. The second-order valence-corrected chi connectivity index (χ2v) is 11.1. The molecule has 0 bridgehead atoms. The van der Waals surface area contributed by atoms with Crippen molar-refractivity contribution >= 4 is 59.2 Å². The number of aliphatic hydroxyl groups excluding tert-OH is 1. The van der Waals surface area contributed by atoms with E-state index < -0.39 is 128 Å². The van der Waals surface area contributed by atoms with Crippen molar-refractivity contribution in [3.05, 3.63) is 0 Å². The molecular formula is C27H43N9O13. The number of carbonyl (C=O) groups excluding carboxylic acids is 8. The number of carbonyl (C=O) groups is 10. The number of carboxylic acid groups (broad SMARTS) is 2. The number of hydrogen-bond acceptors (Lipinski definition) is 12. The molecule has 22 heteroatoms. The van der Waals surface area contributed by atoms with Crippen molar-refractivity contribution in [2.75, 3.05) is 19.7 Å². The molecular weight excluding hydrogens is 658 g/mol. The third-order valence-corrected chi connectivity index (χ3v) is 7.10. The Morgan fingerprint density at radius 2 is 1.39 bits per heavy atom. The van der Waals surface area contributed by atoms with Crippen molar-refractivity contribution in [3.8, 4) is 0 Å². The zero-order chi connectivity index (χ0) is 37.4. The van der Waals surface area contributed by atoms with Crippen LogP contribution in [0.25, 0.3) is 0 Å². The summed E-state index contributed by atoms with van der Waals surface area (Å²) in [5.41, 5.74) is 16.0. The molecule has 0 aromatic carbocycles. The van der Waals surface area contributed by atoms with Gasteiger partial charge in [-0.05, 0) is 32.6 Å². The standard InChI is InChI=1S/C27H43N9O13/c1-12(28)22(43)33-13(4-6-18(29)38)24(45)34-15(9-19(30)39)26(47)36-8-2-3-17(36)25(46)35-16(11-37)23(44)31-10-20(40)32-14(27(48)49)5-7-21(41)42/h12-17,37H,2-11,28H2,1H3,(H2,29,38)(H2,30,39)(H,31,44)(H,32,40)(H,33,43)(H,34,45)(H,35,46)(H,41,42)(H,48,49). The van der Waals surface area contributed by atoms with Gasteiger partial charge >= 0.3 is 11.9 Å². The molecule has 1 fully saturated rings. The predicted octanol–water partition coefficient (Wildman–Crippen LogP) is -6.54. The molecule has 1 rings (SSSR count). The quantitative estimate of drug-likeness (QED) is 0.0530. The summed E-state index contributed by atoms with van der Waals surface area (Å²) >= 11 is 0. The topological polar surface area (TPSA) is 373 Å². The number of primary amides is 2. The Bertz CT molecular complexity index is 1290. The summed E-state index contributed by atoms with van der Waals surface area (Å²) in [6.45, 7) is -0.453. The summed E-state index contributed by atoms with van der Waals surface area (Å²) < 4.78 is 0. The Hall–Kier alpha value is -5.38. The maximum atomic E-state index is 13.5. The monoisotopic (exact) mass is 701 g/mol. The molecule has 0 aliphatic carbocycles. The van der Waals surface area contributed by atoms with Crippen LogP contribution in [-0.2, 0) is 47.9 Å².